The van der Waals surface area contributed by atoms with Crippen LogP contribution in [0.2, 0.25) is 0 Å². The van der Waals surface area contributed by atoms with Gasteiger partial charge >= 0.3 is 11.9 Å². The highest BCUT2D eigenvalue weighted by Crippen LogP contribution is 2.46. The topological polar surface area (TPSA) is 333 Å². The van der Waals surface area contributed by atoms with Crippen molar-refractivity contribution in [2.24, 2.45) is 25.9 Å². The van der Waals surface area contributed by atoms with Gasteiger partial charge in [0.05, 0.1) is 66.9 Å². The standard InChI is InChI=1S/C62H70N8O6S.C58H62N8O6S/c1-38-43(45-28-30-53(64-56(45)60(74)76-62(2,3)4)70-35-32-40-15-10-19-46(49(40)37-70)58(72)66-61-63-50-21-6-7-23-52(50)77-61)17-12-22-51(38)75-42-26-24-39(25-27-42)14-8-9-33-69-34-13-16-41(36-69)44-18-11-20-47-55(67-68(5)57(44)47)48-29-31-54(71)65-59(48)73;1-35-40(42-25-27-50(60-53(42)57(70)71)66-32-29-37-12-7-16-43(46(37)34-66)55(68)62-58-59-47-18-3-4-20-49(47)73-58)14-9-19-48(35)72-39-23-21-36(22-24-39)11-5-6-30-65-31-10-13-38(33-65)41-15-8-17-44-52(63-64(2)54(41)44)45-26-28-51(67)61-56(45)69/h6-7,10-12,15,17-23,28,30,39,41-42,48H,8-9,13-14,16,24-27,29,31-37H2,1-5H3,(H,63,66,72)(H,65,71,73);3-4,7-9,12,14-20,25,27,36,38-39,45H,5-6,10-11,13,21-24,26,28-34H2,1-2H3,(H,70,71)(H,59,62,68)(H,61,67,69)/t39?,41-,42?,48?;36?,38-,39?,45?/m11/s1. The smallest absolute Gasteiger partial charge is 0.358 e. The van der Waals surface area contributed by atoms with Gasteiger partial charge in [-0.2, -0.15) is 10.2 Å². The number of carboxylic acids is 1. The second-order valence-electron chi connectivity index (χ2n) is 43.2. The molecule has 4 saturated heterocycles. The number of anilines is 4. The number of carboxylic acid groups (broad SMARTS) is 1. The Morgan fingerprint density at radius 1 is 0.453 bits per heavy atom. The lowest BCUT2D eigenvalue weighted by Crippen LogP contribution is -2.39. The molecule has 22 rings (SSSR count). The molecule has 14 aromatic rings. The molecular weight excluding hydrogens is 1920 g/mol. The number of nitrogens with one attached hydrogen (secondary N) is 4. The molecular formula is C120H132N16O12S2. The van der Waals surface area contributed by atoms with Crippen LogP contribution in [0.5, 0.6) is 11.5 Å². The Labute approximate surface area is 882 Å². The first-order valence-corrected chi connectivity index (χ1v) is 55.5. The molecule has 8 aliphatic rings. The number of carbonyl (C=O) groups is 8. The number of benzene rings is 8. The van der Waals surface area contributed by atoms with Crippen molar-refractivity contribution in [3.8, 4) is 33.8 Å². The number of amides is 6. The molecule has 2 unspecified atom stereocenters. The molecule has 150 heavy (non-hydrogen) atoms. The summed E-state index contributed by atoms with van der Waals surface area (Å²) in [4.78, 5) is 132. The minimum absolute atomic E-state index is 0.0181. The van der Waals surface area contributed by atoms with Gasteiger partial charge in [0.25, 0.3) is 11.8 Å². The van der Waals surface area contributed by atoms with Gasteiger partial charge in [-0.05, 0) is 328 Å². The van der Waals surface area contributed by atoms with Crippen LogP contribution in [0.25, 0.3) is 64.5 Å². The number of aryl methyl sites for hydroxylation is 2. The van der Waals surface area contributed by atoms with Gasteiger partial charge in [0.15, 0.2) is 21.7 Å². The third-order valence-corrected chi connectivity index (χ3v) is 34.0. The van der Waals surface area contributed by atoms with E-state index in [-0.39, 0.29) is 59.0 Å². The van der Waals surface area contributed by atoms with E-state index in [1.165, 1.54) is 72.3 Å². The van der Waals surface area contributed by atoms with Crippen molar-refractivity contribution in [1.82, 2.24) is 59.9 Å². The van der Waals surface area contributed by atoms with Gasteiger partial charge in [-0.15, -0.1) is 0 Å². The maximum absolute atomic E-state index is 14.1. The van der Waals surface area contributed by atoms with Crippen LogP contribution in [-0.2, 0) is 63.9 Å². The number of hydrogen-bond acceptors (Lipinski definition) is 23. The zero-order valence-electron chi connectivity index (χ0n) is 86.6. The van der Waals surface area contributed by atoms with Crippen LogP contribution >= 0.6 is 22.7 Å². The number of carbonyl (C=O) groups excluding carboxylic acids is 7. The van der Waals surface area contributed by atoms with Gasteiger partial charge in [0, 0.05) is 99.2 Å². The first-order valence-electron chi connectivity index (χ1n) is 53.9. The van der Waals surface area contributed by atoms with Crippen molar-refractivity contribution in [2.45, 2.75) is 243 Å². The number of imide groups is 2. The Balaban J connectivity index is 0.000000175. The Morgan fingerprint density at radius 2 is 0.887 bits per heavy atom. The Kier molecular flexibility index (Phi) is 30.4. The fourth-order valence-electron chi connectivity index (χ4n) is 24.4. The summed E-state index contributed by atoms with van der Waals surface area (Å²) < 4.78 is 25.4. The number of esters is 1. The van der Waals surface area contributed by atoms with E-state index in [9.17, 15) is 43.5 Å². The molecule has 2 saturated carbocycles. The highest BCUT2D eigenvalue weighted by Gasteiger charge is 2.39. The fourth-order valence-corrected chi connectivity index (χ4v) is 26.1. The predicted octanol–water partition coefficient (Wildman–Crippen LogP) is 22.4. The van der Waals surface area contributed by atoms with Crippen molar-refractivity contribution in [1.29, 1.82) is 0 Å². The minimum atomic E-state index is -1.10. The van der Waals surface area contributed by atoms with Crippen LogP contribution in [0.1, 0.15) is 283 Å². The second-order valence-corrected chi connectivity index (χ2v) is 45.3. The number of fused-ring (bicyclic) bond motifs is 6. The van der Waals surface area contributed by atoms with Gasteiger partial charge in [0.2, 0.25) is 23.6 Å². The van der Waals surface area contributed by atoms with Gasteiger partial charge in [-0.1, -0.05) is 158 Å². The molecule has 6 aromatic heterocycles. The van der Waals surface area contributed by atoms with Crippen molar-refractivity contribution < 1.29 is 57.7 Å². The average molecular weight is 2050 g/mol. The highest BCUT2D eigenvalue weighted by molar-refractivity contribution is 7.22. The third-order valence-electron chi connectivity index (χ3n) is 32.1. The van der Waals surface area contributed by atoms with Crippen LogP contribution in [0.4, 0.5) is 21.9 Å². The van der Waals surface area contributed by atoms with E-state index in [0.29, 0.717) is 126 Å². The fraction of sp³-hybridized carbons (Fsp3) is 0.417. The van der Waals surface area contributed by atoms with E-state index >= 15 is 0 Å². The monoisotopic (exact) mass is 2050 g/mol. The summed E-state index contributed by atoms with van der Waals surface area (Å²) in [7, 11) is 3.95. The van der Waals surface area contributed by atoms with E-state index in [4.69, 9.17) is 34.4 Å². The third kappa shape index (κ3) is 22.5. The molecule has 776 valence electrons. The molecule has 6 fully saturated rings. The minimum Gasteiger partial charge on any atom is -0.490 e. The molecule has 30 heteroatoms. The Hall–Kier alpha value is -13.9. The average Bonchev–Trinajstić information content (AvgIpc) is 1.67. The maximum atomic E-state index is 14.1. The van der Waals surface area contributed by atoms with Crippen molar-refractivity contribution in [3.05, 3.63) is 260 Å². The number of unbranched alkanes of at least 4 members (excludes halogenated alkanes) is 2. The number of nitrogens with zero attached hydrogens (tertiary/aromatic N) is 12. The van der Waals surface area contributed by atoms with E-state index < -0.39 is 29.4 Å². The van der Waals surface area contributed by atoms with Gasteiger partial charge < -0.3 is 38.9 Å². The maximum Gasteiger partial charge on any atom is 0.358 e. The number of aromatic nitrogens is 8. The van der Waals surface area contributed by atoms with Crippen LogP contribution in [0, 0.1) is 25.7 Å². The van der Waals surface area contributed by atoms with Gasteiger partial charge in [-0.25, -0.2) is 29.5 Å². The van der Waals surface area contributed by atoms with Crippen LogP contribution in [0.15, 0.2) is 182 Å². The van der Waals surface area contributed by atoms with Crippen LogP contribution in [0.3, 0.4) is 0 Å². The zero-order chi connectivity index (χ0) is 104. The molecule has 0 radical (unpaired) electrons. The molecule has 0 bridgehead atoms. The normalized spacial score (nSPS) is 20.4. The summed E-state index contributed by atoms with van der Waals surface area (Å²) in [6.07, 6.45) is 23.7. The molecule has 5 N–H and O–H groups in total. The highest BCUT2D eigenvalue weighted by atomic mass is 32.1. The molecule has 2 aliphatic carbocycles. The first-order chi connectivity index (χ1) is 72.8. The molecule has 6 amide bonds. The van der Waals surface area contributed by atoms with Gasteiger partial charge in [-0.3, -0.25) is 59.4 Å². The van der Waals surface area contributed by atoms with E-state index in [0.717, 1.165) is 232 Å². The predicted molar refractivity (Wildman–Crippen MR) is 587 cm³/mol. The summed E-state index contributed by atoms with van der Waals surface area (Å²) in [5, 5.41) is 34.5. The number of para-hydroxylation sites is 4. The molecule has 6 aliphatic heterocycles. The first kappa shape index (κ1) is 102. The van der Waals surface area contributed by atoms with Crippen molar-refractivity contribution in [2.75, 3.05) is 72.8 Å². The largest absolute Gasteiger partial charge is 0.490 e. The number of thiazole rings is 2. The molecule has 4 atom stereocenters. The molecule has 0 spiro atoms. The number of ether oxygens (including phenoxy) is 3. The zero-order valence-corrected chi connectivity index (χ0v) is 88.2. The number of pyridine rings is 2. The lowest BCUT2D eigenvalue weighted by Gasteiger charge is -2.33. The number of rotatable bonds is 28. The van der Waals surface area contributed by atoms with Crippen molar-refractivity contribution in [3.63, 3.8) is 0 Å². The second kappa shape index (κ2) is 44.7. The summed E-state index contributed by atoms with van der Waals surface area (Å²) >= 11 is 2.89. The summed E-state index contributed by atoms with van der Waals surface area (Å²) in [6, 6.07) is 59.8. The van der Waals surface area contributed by atoms with Gasteiger partial charge in [0.1, 0.15) is 28.7 Å². The summed E-state index contributed by atoms with van der Waals surface area (Å²) in [5.41, 5.74) is 17.5. The van der Waals surface area contributed by atoms with E-state index in [1.54, 1.807) is 0 Å². The molecule has 8 aromatic carbocycles. The van der Waals surface area contributed by atoms with Crippen molar-refractivity contribution >= 4 is 134 Å². The summed E-state index contributed by atoms with van der Waals surface area (Å²) in [6.45, 7) is 18.3. The van der Waals surface area contributed by atoms with E-state index in [1.807, 2.05) is 185 Å². The van der Waals surface area contributed by atoms with E-state index in [2.05, 4.69) is 106 Å². The number of likely N-dealkylation sites (tertiary alicyclic amines) is 2. The number of aromatic carboxylic acids is 1. The molecule has 28 nitrogen and oxygen atoms in total. The SMILES string of the molecule is Cc1c(OC2CCC(CCCCN3CCC[C@@H](c4cccc5c(C6CCC(=O)NC6=O)nn(C)c45)C3)CC2)cccc1-c1ccc(N2CCc3cccc(C(=O)Nc4nc5ccccc5s4)c3C2)nc1C(=O)O.Cc1c(OC2CCC(CCCCN3CCC[C@@H](c4cccc5c(C6CCC(=O)NC6=O)nn(C)c45)C3)CC2)cccc1-c1ccc(N2CCc3cccc(C(=O)Nc4nc5ccccc5s4)c3C2)nc1C(=O)OC(C)(C)C. The Morgan fingerprint density at radius 3 is 1.33 bits per heavy atom. The lowest BCUT2D eigenvalue weighted by atomic mass is 9.84. The lowest BCUT2D eigenvalue weighted by molar-refractivity contribution is -0.135. The van der Waals surface area contributed by atoms with Crippen LogP contribution < -0.4 is 40.5 Å². The Bertz CT molecular complexity index is 7420. The summed E-state index contributed by atoms with van der Waals surface area (Å²) in [5.74, 6) is 1.24. The quantitative estimate of drug-likeness (QED) is 0.0173. The molecule has 12 heterocycles. The number of hydrogen-bond donors (Lipinski definition) is 5. The van der Waals surface area contributed by atoms with Crippen LogP contribution in [-0.4, -0.2) is 172 Å². The number of piperidine rings is 4.